The normalized spacial score (nSPS) is 10.2. The second-order valence-corrected chi connectivity index (χ2v) is 3.79. The van der Waals surface area contributed by atoms with Gasteiger partial charge in [-0.25, -0.2) is 5.10 Å². The van der Waals surface area contributed by atoms with Crippen LogP contribution in [-0.4, -0.2) is 32.8 Å². The van der Waals surface area contributed by atoms with E-state index >= 15 is 0 Å². The number of aromatic nitrogens is 3. The quantitative estimate of drug-likeness (QED) is 0.749. The van der Waals surface area contributed by atoms with Gasteiger partial charge < -0.3 is 9.84 Å². The highest BCUT2D eigenvalue weighted by atomic mass is 16.5. The molecule has 0 saturated heterocycles. The van der Waals surface area contributed by atoms with Crippen LogP contribution in [0, 0.1) is 0 Å². The number of anilines is 1. The average molecular weight is 262 g/mol. The smallest absolute Gasteiger partial charge is 0.337 e. The molecule has 2 rings (SSSR count). The second kappa shape index (κ2) is 5.85. The number of phenols is 1. The Hall–Kier alpha value is -2.57. The first-order chi connectivity index (χ1) is 9.17. The lowest BCUT2D eigenvalue weighted by Gasteiger charge is -2.01. The number of hydrogen-bond donors (Lipinski definition) is 3. The molecule has 0 aliphatic carbocycles. The fourth-order valence-corrected chi connectivity index (χ4v) is 1.47. The predicted molar refractivity (Wildman–Crippen MR) is 68.0 cm³/mol. The number of nitrogens with zero attached hydrogens (tertiary/aromatic N) is 2. The Labute approximate surface area is 109 Å². The van der Waals surface area contributed by atoms with Crippen LogP contribution in [0.25, 0.3) is 0 Å². The van der Waals surface area contributed by atoms with Crippen molar-refractivity contribution in [1.82, 2.24) is 15.2 Å². The van der Waals surface area contributed by atoms with Crippen LogP contribution < -0.4 is 10.1 Å². The van der Waals surface area contributed by atoms with E-state index in [0.717, 1.165) is 5.56 Å². The highest BCUT2D eigenvalue weighted by Gasteiger charge is 2.08. The molecule has 0 spiro atoms. The number of hydrogen-bond acceptors (Lipinski definition) is 5. The van der Waals surface area contributed by atoms with Crippen LogP contribution in [0.5, 0.6) is 11.8 Å². The summed E-state index contributed by atoms with van der Waals surface area (Å²) in [4.78, 5) is 15.7. The van der Waals surface area contributed by atoms with Gasteiger partial charge in [-0.05, 0) is 24.6 Å². The summed E-state index contributed by atoms with van der Waals surface area (Å²) in [6.45, 7) is 2.28. The summed E-state index contributed by atoms with van der Waals surface area (Å²) in [5, 5.41) is 18.0. The zero-order valence-electron chi connectivity index (χ0n) is 10.4. The molecule has 100 valence electrons. The van der Waals surface area contributed by atoms with Gasteiger partial charge in [-0.1, -0.05) is 12.1 Å². The molecule has 2 aromatic rings. The maximum absolute atomic E-state index is 11.7. The average Bonchev–Trinajstić information content (AvgIpc) is 2.80. The van der Waals surface area contributed by atoms with E-state index in [4.69, 9.17) is 9.84 Å². The number of aromatic hydroxyl groups is 1. The molecule has 19 heavy (non-hydrogen) atoms. The molecule has 1 aromatic heterocycles. The fourth-order valence-electron chi connectivity index (χ4n) is 1.47. The topological polar surface area (TPSA) is 100 Å². The highest BCUT2D eigenvalue weighted by Crippen LogP contribution is 2.11. The van der Waals surface area contributed by atoms with Gasteiger partial charge in [0.1, 0.15) is 5.75 Å². The van der Waals surface area contributed by atoms with Gasteiger partial charge in [0, 0.05) is 0 Å². The summed E-state index contributed by atoms with van der Waals surface area (Å²) in [5.74, 6) is 0.179. The first-order valence-corrected chi connectivity index (χ1v) is 5.80. The molecule has 0 atom stereocenters. The molecule has 0 aliphatic heterocycles. The van der Waals surface area contributed by atoms with Gasteiger partial charge in [-0.3, -0.25) is 10.1 Å². The van der Waals surface area contributed by atoms with Gasteiger partial charge in [-0.15, -0.1) is 5.10 Å². The largest absolute Gasteiger partial charge is 0.508 e. The Kier molecular flexibility index (Phi) is 3.97. The van der Waals surface area contributed by atoms with Gasteiger partial charge in [0.15, 0.2) is 0 Å². The summed E-state index contributed by atoms with van der Waals surface area (Å²) in [6.07, 6.45) is 0.185. The van der Waals surface area contributed by atoms with Gasteiger partial charge >= 0.3 is 6.01 Å². The molecule has 0 fully saturated rings. The number of ether oxygens (including phenoxy) is 1. The number of benzene rings is 1. The van der Waals surface area contributed by atoms with Crippen molar-refractivity contribution >= 4 is 11.9 Å². The molecule has 7 heteroatoms. The predicted octanol–water partition coefficient (Wildman–Crippen LogP) is 1.09. The Morgan fingerprint density at radius 1 is 1.42 bits per heavy atom. The van der Waals surface area contributed by atoms with Crippen molar-refractivity contribution in [2.75, 3.05) is 11.9 Å². The fraction of sp³-hybridized carbons (Fsp3) is 0.250. The minimum Gasteiger partial charge on any atom is -0.508 e. The number of rotatable bonds is 5. The van der Waals surface area contributed by atoms with E-state index in [9.17, 15) is 4.79 Å². The van der Waals surface area contributed by atoms with E-state index in [0.29, 0.717) is 6.61 Å². The van der Waals surface area contributed by atoms with Crippen LogP contribution in [-0.2, 0) is 11.2 Å². The van der Waals surface area contributed by atoms with Crippen LogP contribution >= 0.6 is 0 Å². The molecule has 0 bridgehead atoms. The van der Waals surface area contributed by atoms with Crippen LogP contribution in [0.2, 0.25) is 0 Å². The lowest BCUT2D eigenvalue weighted by atomic mass is 10.1. The van der Waals surface area contributed by atoms with Crippen molar-refractivity contribution in [2.24, 2.45) is 0 Å². The number of H-pyrrole nitrogens is 1. The van der Waals surface area contributed by atoms with Crippen LogP contribution in [0.1, 0.15) is 12.5 Å². The Bertz CT molecular complexity index is 550. The Morgan fingerprint density at radius 2 is 2.16 bits per heavy atom. The minimum absolute atomic E-state index is 0.167. The highest BCUT2D eigenvalue weighted by molar-refractivity contribution is 5.90. The van der Waals surface area contributed by atoms with Gasteiger partial charge in [-0.2, -0.15) is 4.98 Å². The van der Waals surface area contributed by atoms with E-state index in [1.54, 1.807) is 12.1 Å². The van der Waals surface area contributed by atoms with Gasteiger partial charge in [0.05, 0.1) is 13.0 Å². The Morgan fingerprint density at radius 3 is 2.84 bits per heavy atom. The summed E-state index contributed by atoms with van der Waals surface area (Å²) in [5.41, 5.74) is 0.792. The van der Waals surface area contributed by atoms with E-state index in [2.05, 4.69) is 20.5 Å². The molecule has 1 aromatic carbocycles. The second-order valence-electron chi connectivity index (χ2n) is 3.79. The number of carbonyl (C=O) groups excluding carboxylic acids is 1. The lowest BCUT2D eigenvalue weighted by molar-refractivity contribution is -0.115. The van der Waals surface area contributed by atoms with E-state index in [1.807, 2.05) is 6.92 Å². The van der Waals surface area contributed by atoms with Gasteiger partial charge in [0.2, 0.25) is 11.9 Å². The molecule has 7 nitrogen and oxygen atoms in total. The molecule has 1 heterocycles. The zero-order valence-corrected chi connectivity index (χ0v) is 10.4. The molecular weight excluding hydrogens is 248 g/mol. The lowest BCUT2D eigenvalue weighted by Crippen LogP contribution is -2.15. The third kappa shape index (κ3) is 3.70. The monoisotopic (exact) mass is 262 g/mol. The molecule has 0 radical (unpaired) electrons. The summed E-state index contributed by atoms with van der Waals surface area (Å²) in [7, 11) is 0. The number of amides is 1. The molecular formula is C12H14N4O3. The van der Waals surface area contributed by atoms with Crippen molar-refractivity contribution in [3.8, 4) is 11.8 Å². The third-order valence-corrected chi connectivity index (χ3v) is 2.30. The van der Waals surface area contributed by atoms with Crippen LogP contribution in [0.15, 0.2) is 24.3 Å². The molecule has 1 amide bonds. The number of phenolic OH excluding ortho intramolecular Hbond substituents is 1. The van der Waals surface area contributed by atoms with Crippen molar-refractivity contribution in [2.45, 2.75) is 13.3 Å². The Balaban J connectivity index is 1.91. The molecule has 0 aliphatic rings. The van der Waals surface area contributed by atoms with Crippen molar-refractivity contribution in [3.05, 3.63) is 29.8 Å². The summed E-state index contributed by atoms with van der Waals surface area (Å²) < 4.78 is 5.07. The SMILES string of the molecule is CCOc1n[nH]c(NC(=O)Cc2ccc(O)cc2)n1. The van der Waals surface area contributed by atoms with Crippen molar-refractivity contribution in [1.29, 1.82) is 0 Å². The standard InChI is InChI=1S/C12H14N4O3/c1-2-19-12-14-11(15-16-12)13-10(18)7-8-3-5-9(17)6-4-8/h3-6,17H,2,7H2,1H3,(H2,13,14,15,16,18). The molecule has 0 unspecified atom stereocenters. The van der Waals surface area contributed by atoms with Crippen molar-refractivity contribution in [3.63, 3.8) is 0 Å². The van der Waals surface area contributed by atoms with Crippen LogP contribution in [0.3, 0.4) is 0 Å². The number of aromatic amines is 1. The van der Waals surface area contributed by atoms with Gasteiger partial charge in [0.25, 0.3) is 0 Å². The first kappa shape index (κ1) is 12.9. The summed E-state index contributed by atoms with van der Waals surface area (Å²) in [6, 6.07) is 6.62. The van der Waals surface area contributed by atoms with E-state index < -0.39 is 0 Å². The molecule has 0 saturated carbocycles. The number of nitrogens with one attached hydrogen (secondary N) is 2. The van der Waals surface area contributed by atoms with E-state index in [1.165, 1.54) is 12.1 Å². The maximum atomic E-state index is 11.7. The van der Waals surface area contributed by atoms with Crippen molar-refractivity contribution < 1.29 is 14.6 Å². The molecule has 3 N–H and O–H groups in total. The third-order valence-electron chi connectivity index (χ3n) is 2.30. The maximum Gasteiger partial charge on any atom is 0.337 e. The first-order valence-electron chi connectivity index (χ1n) is 5.80. The summed E-state index contributed by atoms with van der Waals surface area (Å²) >= 11 is 0. The minimum atomic E-state index is -0.232. The van der Waals surface area contributed by atoms with E-state index in [-0.39, 0.29) is 30.0 Å². The zero-order chi connectivity index (χ0) is 13.7. The number of carbonyl (C=O) groups is 1. The van der Waals surface area contributed by atoms with Crippen LogP contribution in [0.4, 0.5) is 5.95 Å².